The fourth-order valence-electron chi connectivity index (χ4n) is 1.83. The van der Waals surface area contributed by atoms with Crippen molar-refractivity contribution in [2.24, 2.45) is 11.0 Å². The minimum atomic E-state index is -0.434. The van der Waals surface area contributed by atoms with E-state index in [1.165, 1.54) is 13.2 Å². The Kier molecular flexibility index (Phi) is 3.08. The zero-order valence-corrected chi connectivity index (χ0v) is 9.66. The SMILES string of the molecule is COc1ccc(C2=NNC(=O)CC2C)cc1F. The maximum atomic E-state index is 13.5. The number of hydrazone groups is 1. The highest BCUT2D eigenvalue weighted by molar-refractivity contribution is 6.05. The van der Waals surface area contributed by atoms with Gasteiger partial charge in [0.25, 0.3) is 0 Å². The van der Waals surface area contributed by atoms with Crippen LogP contribution in [-0.2, 0) is 4.79 Å². The lowest BCUT2D eigenvalue weighted by Gasteiger charge is -2.19. The molecule has 1 aromatic carbocycles. The second-order valence-electron chi connectivity index (χ2n) is 3.99. The first-order chi connectivity index (χ1) is 8.11. The first-order valence-electron chi connectivity index (χ1n) is 5.32. The van der Waals surface area contributed by atoms with Gasteiger partial charge in [0.15, 0.2) is 11.6 Å². The Labute approximate surface area is 98.5 Å². The molecule has 1 aliphatic rings. The summed E-state index contributed by atoms with van der Waals surface area (Å²) in [4.78, 5) is 11.1. The van der Waals surface area contributed by atoms with E-state index in [4.69, 9.17) is 4.74 Å². The molecule has 1 atom stereocenters. The van der Waals surface area contributed by atoms with E-state index in [1.807, 2.05) is 6.92 Å². The van der Waals surface area contributed by atoms with Gasteiger partial charge in [0.1, 0.15) is 0 Å². The van der Waals surface area contributed by atoms with E-state index in [1.54, 1.807) is 12.1 Å². The number of hydrogen-bond acceptors (Lipinski definition) is 3. The summed E-state index contributed by atoms with van der Waals surface area (Å²) in [6.07, 6.45) is 0.368. The molecule has 4 nitrogen and oxygen atoms in total. The second-order valence-corrected chi connectivity index (χ2v) is 3.99. The van der Waals surface area contributed by atoms with Gasteiger partial charge in [-0.15, -0.1) is 0 Å². The smallest absolute Gasteiger partial charge is 0.240 e. The highest BCUT2D eigenvalue weighted by atomic mass is 19.1. The molecule has 1 amide bonds. The number of carbonyl (C=O) groups is 1. The minimum Gasteiger partial charge on any atom is -0.494 e. The fraction of sp³-hybridized carbons (Fsp3) is 0.333. The van der Waals surface area contributed by atoms with E-state index in [0.29, 0.717) is 17.7 Å². The van der Waals surface area contributed by atoms with Gasteiger partial charge in [-0.05, 0) is 18.2 Å². The number of amides is 1. The molecule has 1 heterocycles. The summed E-state index contributed by atoms with van der Waals surface area (Å²) in [7, 11) is 1.42. The molecule has 0 saturated heterocycles. The number of nitrogens with zero attached hydrogens (tertiary/aromatic N) is 1. The lowest BCUT2D eigenvalue weighted by Crippen LogP contribution is -2.32. The number of halogens is 1. The number of carbonyl (C=O) groups excluding carboxylic acids is 1. The Bertz CT molecular complexity index is 485. The van der Waals surface area contributed by atoms with Crippen LogP contribution in [0.15, 0.2) is 23.3 Å². The average molecular weight is 236 g/mol. The molecular weight excluding hydrogens is 223 g/mol. The molecule has 2 rings (SSSR count). The molecule has 90 valence electrons. The Morgan fingerprint density at radius 2 is 2.29 bits per heavy atom. The molecule has 0 spiro atoms. The Balaban J connectivity index is 2.34. The van der Waals surface area contributed by atoms with Gasteiger partial charge in [-0.3, -0.25) is 4.79 Å². The van der Waals surface area contributed by atoms with Crippen molar-refractivity contribution in [3.63, 3.8) is 0 Å². The molecule has 1 aromatic rings. The molecule has 5 heteroatoms. The van der Waals surface area contributed by atoms with Gasteiger partial charge in [-0.1, -0.05) is 6.92 Å². The van der Waals surface area contributed by atoms with Gasteiger partial charge in [0, 0.05) is 17.9 Å². The molecule has 1 unspecified atom stereocenters. The molecule has 17 heavy (non-hydrogen) atoms. The lowest BCUT2D eigenvalue weighted by molar-refractivity contribution is -0.121. The monoisotopic (exact) mass is 236 g/mol. The van der Waals surface area contributed by atoms with Crippen LogP contribution in [0.1, 0.15) is 18.9 Å². The van der Waals surface area contributed by atoms with Crippen LogP contribution in [0, 0.1) is 11.7 Å². The highest BCUT2D eigenvalue weighted by Gasteiger charge is 2.22. The normalized spacial score (nSPS) is 19.6. The molecule has 0 bridgehead atoms. The van der Waals surface area contributed by atoms with Crippen molar-refractivity contribution < 1.29 is 13.9 Å². The van der Waals surface area contributed by atoms with Gasteiger partial charge in [-0.25, -0.2) is 9.82 Å². The first kappa shape index (κ1) is 11.6. The number of nitrogens with one attached hydrogen (secondary N) is 1. The van der Waals surface area contributed by atoms with Crippen molar-refractivity contribution in [2.75, 3.05) is 7.11 Å². The predicted octanol–water partition coefficient (Wildman–Crippen LogP) is 1.69. The number of hydrogen-bond donors (Lipinski definition) is 1. The third-order valence-electron chi connectivity index (χ3n) is 2.71. The molecule has 0 aromatic heterocycles. The van der Waals surface area contributed by atoms with E-state index in [0.717, 1.165) is 0 Å². The van der Waals surface area contributed by atoms with E-state index in [2.05, 4.69) is 10.5 Å². The average Bonchev–Trinajstić information content (AvgIpc) is 2.29. The van der Waals surface area contributed by atoms with Crippen LogP contribution in [0.5, 0.6) is 5.75 Å². The summed E-state index contributed by atoms with van der Waals surface area (Å²) in [6.45, 7) is 1.89. The van der Waals surface area contributed by atoms with Gasteiger partial charge in [0.05, 0.1) is 12.8 Å². The van der Waals surface area contributed by atoms with E-state index in [-0.39, 0.29) is 17.6 Å². The molecule has 0 saturated carbocycles. The van der Waals surface area contributed by atoms with Crippen molar-refractivity contribution >= 4 is 11.6 Å². The van der Waals surface area contributed by atoms with E-state index < -0.39 is 5.82 Å². The maximum absolute atomic E-state index is 13.5. The third-order valence-corrected chi connectivity index (χ3v) is 2.71. The molecule has 0 radical (unpaired) electrons. The van der Waals surface area contributed by atoms with Crippen LogP contribution < -0.4 is 10.2 Å². The van der Waals surface area contributed by atoms with Crippen molar-refractivity contribution in [2.45, 2.75) is 13.3 Å². The van der Waals surface area contributed by atoms with Crippen molar-refractivity contribution in [1.82, 2.24) is 5.43 Å². The zero-order valence-electron chi connectivity index (χ0n) is 9.66. The summed E-state index contributed by atoms with van der Waals surface area (Å²) in [5, 5.41) is 3.97. The molecule has 1 aliphatic heterocycles. The van der Waals surface area contributed by atoms with Crippen LogP contribution >= 0.6 is 0 Å². The standard InChI is InChI=1S/C12H13FN2O2/c1-7-5-11(16)14-15-12(7)8-3-4-10(17-2)9(13)6-8/h3-4,6-7H,5H2,1-2H3,(H,14,16). The Morgan fingerprint density at radius 3 is 2.88 bits per heavy atom. The largest absolute Gasteiger partial charge is 0.494 e. The number of methoxy groups -OCH3 is 1. The quantitative estimate of drug-likeness (QED) is 0.849. The summed E-state index contributed by atoms with van der Waals surface area (Å²) in [6, 6.07) is 4.65. The summed E-state index contributed by atoms with van der Waals surface area (Å²) in [5.41, 5.74) is 3.75. The van der Waals surface area contributed by atoms with Crippen molar-refractivity contribution in [3.8, 4) is 5.75 Å². The van der Waals surface area contributed by atoms with Crippen LogP contribution in [0.2, 0.25) is 0 Å². The zero-order chi connectivity index (χ0) is 12.4. The van der Waals surface area contributed by atoms with Gasteiger partial charge < -0.3 is 4.74 Å². The number of ether oxygens (including phenoxy) is 1. The van der Waals surface area contributed by atoms with Crippen molar-refractivity contribution in [3.05, 3.63) is 29.6 Å². The van der Waals surface area contributed by atoms with Gasteiger partial charge in [0.2, 0.25) is 5.91 Å². The van der Waals surface area contributed by atoms with Gasteiger partial charge in [-0.2, -0.15) is 5.10 Å². The molecule has 1 N–H and O–H groups in total. The lowest BCUT2D eigenvalue weighted by atomic mass is 9.94. The summed E-state index contributed by atoms with van der Waals surface area (Å²) >= 11 is 0. The van der Waals surface area contributed by atoms with Crippen LogP contribution in [0.3, 0.4) is 0 Å². The van der Waals surface area contributed by atoms with E-state index in [9.17, 15) is 9.18 Å². The topological polar surface area (TPSA) is 50.7 Å². The summed E-state index contributed by atoms with van der Waals surface area (Å²) < 4.78 is 18.4. The first-order valence-corrected chi connectivity index (χ1v) is 5.32. The number of benzene rings is 1. The van der Waals surface area contributed by atoms with Crippen LogP contribution in [0.25, 0.3) is 0 Å². The molecular formula is C12H13FN2O2. The third kappa shape index (κ3) is 2.27. The van der Waals surface area contributed by atoms with Crippen LogP contribution in [0.4, 0.5) is 4.39 Å². The summed E-state index contributed by atoms with van der Waals surface area (Å²) in [5.74, 6) is -0.370. The van der Waals surface area contributed by atoms with E-state index >= 15 is 0 Å². The van der Waals surface area contributed by atoms with Gasteiger partial charge >= 0.3 is 0 Å². The minimum absolute atomic E-state index is 0.0171. The highest BCUT2D eigenvalue weighted by Crippen LogP contribution is 2.22. The molecule has 0 fully saturated rings. The number of rotatable bonds is 2. The Hall–Kier alpha value is -1.91. The predicted molar refractivity (Wildman–Crippen MR) is 61.4 cm³/mol. The van der Waals surface area contributed by atoms with Crippen LogP contribution in [-0.4, -0.2) is 18.7 Å². The second kappa shape index (κ2) is 4.53. The molecule has 0 aliphatic carbocycles. The fourth-order valence-corrected chi connectivity index (χ4v) is 1.83. The van der Waals surface area contributed by atoms with Crippen molar-refractivity contribution in [1.29, 1.82) is 0 Å². The maximum Gasteiger partial charge on any atom is 0.240 e. The Morgan fingerprint density at radius 1 is 1.53 bits per heavy atom.